The van der Waals surface area contributed by atoms with Crippen LogP contribution in [0.2, 0.25) is 0 Å². The van der Waals surface area contributed by atoms with Gasteiger partial charge in [0.2, 0.25) is 0 Å². The summed E-state index contributed by atoms with van der Waals surface area (Å²) >= 11 is 0. The maximum absolute atomic E-state index is 12.1. The van der Waals surface area contributed by atoms with Gasteiger partial charge in [-0.05, 0) is 26.3 Å². The molecule has 0 aliphatic carbocycles. The van der Waals surface area contributed by atoms with Crippen molar-refractivity contribution in [3.05, 3.63) is 35.9 Å². The zero-order valence-corrected chi connectivity index (χ0v) is 14.3. The number of ether oxygens (including phenoxy) is 3. The van der Waals surface area contributed by atoms with E-state index in [-0.39, 0.29) is 13.2 Å². The third-order valence-electron chi connectivity index (χ3n) is 3.43. The molecule has 7 nitrogen and oxygen atoms in total. The Kier molecular flexibility index (Phi) is 7.23. The minimum absolute atomic E-state index is 0.0425. The molecule has 0 saturated carbocycles. The van der Waals surface area contributed by atoms with E-state index in [2.05, 4.69) is 5.32 Å². The van der Waals surface area contributed by atoms with Crippen molar-refractivity contribution in [1.29, 1.82) is 0 Å². The van der Waals surface area contributed by atoms with Crippen molar-refractivity contribution < 1.29 is 28.6 Å². The van der Waals surface area contributed by atoms with Crippen LogP contribution >= 0.6 is 0 Å². The van der Waals surface area contributed by atoms with Gasteiger partial charge in [-0.2, -0.15) is 0 Å². The van der Waals surface area contributed by atoms with Gasteiger partial charge in [0, 0.05) is 0 Å². The van der Waals surface area contributed by atoms with Crippen LogP contribution in [0.3, 0.4) is 0 Å². The number of nitrogens with one attached hydrogen (secondary N) is 1. The van der Waals surface area contributed by atoms with Crippen LogP contribution in [0.5, 0.6) is 0 Å². The summed E-state index contributed by atoms with van der Waals surface area (Å²) in [7, 11) is 1.21. The third-order valence-corrected chi connectivity index (χ3v) is 3.43. The monoisotopic (exact) mass is 337 g/mol. The van der Waals surface area contributed by atoms with Crippen LogP contribution in [0.4, 0.5) is 4.79 Å². The Hall–Kier alpha value is -2.57. The number of benzene rings is 1. The maximum atomic E-state index is 12.1. The fourth-order valence-electron chi connectivity index (χ4n) is 2.02. The summed E-state index contributed by atoms with van der Waals surface area (Å²) in [6, 6.07) is 7.85. The van der Waals surface area contributed by atoms with E-state index in [0.717, 1.165) is 5.56 Å². The quantitative estimate of drug-likeness (QED) is 0.605. The van der Waals surface area contributed by atoms with Gasteiger partial charge < -0.3 is 19.5 Å². The van der Waals surface area contributed by atoms with Gasteiger partial charge in [0.1, 0.15) is 12.6 Å². The maximum Gasteiger partial charge on any atom is 0.408 e. The zero-order chi connectivity index (χ0) is 18.2. The van der Waals surface area contributed by atoms with Crippen molar-refractivity contribution in [3.8, 4) is 0 Å². The molecule has 0 fully saturated rings. The van der Waals surface area contributed by atoms with Crippen LogP contribution in [0.25, 0.3) is 0 Å². The Morgan fingerprint density at radius 1 is 1.12 bits per heavy atom. The number of hydrogen-bond acceptors (Lipinski definition) is 6. The van der Waals surface area contributed by atoms with Gasteiger partial charge in [0.05, 0.1) is 19.1 Å². The fraction of sp³-hybridized carbons (Fsp3) is 0.471. The predicted molar refractivity (Wildman–Crippen MR) is 86.0 cm³/mol. The Morgan fingerprint density at radius 3 is 2.29 bits per heavy atom. The molecule has 0 aromatic heterocycles. The highest BCUT2D eigenvalue weighted by atomic mass is 16.6. The van der Waals surface area contributed by atoms with Crippen LogP contribution in [0.1, 0.15) is 26.3 Å². The summed E-state index contributed by atoms with van der Waals surface area (Å²) in [5, 5.41) is 2.39. The molecule has 24 heavy (non-hydrogen) atoms. The first kappa shape index (κ1) is 19.5. The second-order valence-corrected chi connectivity index (χ2v) is 5.60. The molecule has 0 aliphatic rings. The highest BCUT2D eigenvalue weighted by Crippen LogP contribution is 2.24. The van der Waals surface area contributed by atoms with E-state index in [9.17, 15) is 14.4 Å². The van der Waals surface area contributed by atoms with Crippen molar-refractivity contribution in [2.45, 2.75) is 33.4 Å². The largest absolute Gasteiger partial charge is 0.469 e. The minimum Gasteiger partial charge on any atom is -0.469 e. The molecule has 0 spiro atoms. The molecule has 1 aromatic carbocycles. The van der Waals surface area contributed by atoms with E-state index >= 15 is 0 Å². The SMILES string of the molecule is CCOC(=O)[C@@H](NC(=O)OCc1ccccc1)C(C)(C)C(=O)OC. The van der Waals surface area contributed by atoms with Gasteiger partial charge in [0.15, 0.2) is 0 Å². The second kappa shape index (κ2) is 8.90. The summed E-state index contributed by atoms with van der Waals surface area (Å²) in [6.07, 6.45) is -0.825. The fourth-order valence-corrected chi connectivity index (χ4v) is 2.02. The van der Waals surface area contributed by atoms with Crippen LogP contribution in [0.15, 0.2) is 30.3 Å². The first-order valence-electron chi connectivity index (χ1n) is 7.55. The van der Waals surface area contributed by atoms with E-state index in [0.29, 0.717) is 0 Å². The molecule has 1 atom stereocenters. The lowest BCUT2D eigenvalue weighted by Crippen LogP contribution is -2.54. The lowest BCUT2D eigenvalue weighted by Gasteiger charge is -2.30. The molecule has 0 aliphatic heterocycles. The number of esters is 2. The van der Waals surface area contributed by atoms with Gasteiger partial charge in [-0.1, -0.05) is 30.3 Å². The number of hydrogen-bond donors (Lipinski definition) is 1. The number of carbonyl (C=O) groups is 3. The van der Waals surface area contributed by atoms with Crippen LogP contribution in [0, 0.1) is 5.41 Å². The summed E-state index contributed by atoms with van der Waals surface area (Å²) in [5.41, 5.74) is -0.514. The second-order valence-electron chi connectivity index (χ2n) is 5.60. The van der Waals surface area contributed by atoms with E-state index in [1.165, 1.54) is 21.0 Å². The van der Waals surface area contributed by atoms with Crippen molar-refractivity contribution in [2.24, 2.45) is 5.41 Å². The van der Waals surface area contributed by atoms with E-state index in [1.807, 2.05) is 18.2 Å². The average molecular weight is 337 g/mol. The van der Waals surface area contributed by atoms with Crippen molar-refractivity contribution in [2.75, 3.05) is 13.7 Å². The highest BCUT2D eigenvalue weighted by Gasteiger charge is 2.44. The number of carbonyl (C=O) groups excluding carboxylic acids is 3. The standard InChI is InChI=1S/C17H23NO6/c1-5-23-14(19)13(17(2,3)15(20)22-4)18-16(21)24-11-12-9-7-6-8-10-12/h6-10,13H,5,11H2,1-4H3,(H,18,21)/t13-/m1/s1. The van der Waals surface area contributed by atoms with Crippen LogP contribution in [-0.2, 0) is 30.4 Å². The number of alkyl carbamates (subject to hydrolysis) is 1. The van der Waals surface area contributed by atoms with E-state index in [1.54, 1.807) is 19.1 Å². The summed E-state index contributed by atoms with van der Waals surface area (Å²) in [4.78, 5) is 36.0. The number of methoxy groups -OCH3 is 1. The molecule has 1 aromatic rings. The Balaban J connectivity index is 2.78. The summed E-state index contributed by atoms with van der Waals surface area (Å²) in [5.74, 6) is -1.38. The lowest BCUT2D eigenvalue weighted by atomic mass is 9.84. The molecule has 0 bridgehead atoms. The first-order chi connectivity index (χ1) is 11.3. The smallest absolute Gasteiger partial charge is 0.408 e. The zero-order valence-electron chi connectivity index (χ0n) is 14.3. The molecule has 0 heterocycles. The summed E-state index contributed by atoms with van der Waals surface area (Å²) in [6.45, 7) is 4.76. The third kappa shape index (κ3) is 5.26. The average Bonchev–Trinajstić information content (AvgIpc) is 2.57. The van der Waals surface area contributed by atoms with Gasteiger partial charge in [-0.3, -0.25) is 4.79 Å². The van der Waals surface area contributed by atoms with Gasteiger partial charge in [-0.15, -0.1) is 0 Å². The first-order valence-corrected chi connectivity index (χ1v) is 7.55. The molecule has 0 unspecified atom stereocenters. The molecule has 0 saturated heterocycles. The number of rotatable bonds is 7. The Morgan fingerprint density at radius 2 is 1.75 bits per heavy atom. The molecular formula is C17H23NO6. The molecular weight excluding hydrogens is 314 g/mol. The van der Waals surface area contributed by atoms with E-state index in [4.69, 9.17) is 14.2 Å². The molecule has 1 rings (SSSR count). The Labute approximate surface area is 141 Å². The molecule has 132 valence electrons. The minimum atomic E-state index is -1.31. The molecule has 1 N–H and O–H groups in total. The van der Waals surface area contributed by atoms with Crippen molar-refractivity contribution >= 4 is 18.0 Å². The summed E-state index contributed by atoms with van der Waals surface area (Å²) < 4.78 is 14.7. The lowest BCUT2D eigenvalue weighted by molar-refractivity contribution is -0.161. The van der Waals surface area contributed by atoms with Crippen molar-refractivity contribution in [3.63, 3.8) is 0 Å². The molecule has 7 heteroatoms. The topological polar surface area (TPSA) is 90.9 Å². The van der Waals surface area contributed by atoms with Crippen LogP contribution in [-0.4, -0.2) is 37.8 Å². The normalized spacial score (nSPS) is 12.0. The van der Waals surface area contributed by atoms with E-state index < -0.39 is 29.5 Å². The van der Waals surface area contributed by atoms with Gasteiger partial charge in [0.25, 0.3) is 0 Å². The molecule has 1 amide bonds. The predicted octanol–water partition coefficient (Wildman–Crippen LogP) is 2.04. The van der Waals surface area contributed by atoms with Gasteiger partial charge >= 0.3 is 18.0 Å². The van der Waals surface area contributed by atoms with Crippen LogP contribution < -0.4 is 5.32 Å². The molecule has 0 radical (unpaired) electrons. The highest BCUT2D eigenvalue weighted by molar-refractivity contribution is 5.89. The van der Waals surface area contributed by atoms with Crippen molar-refractivity contribution in [1.82, 2.24) is 5.32 Å². The van der Waals surface area contributed by atoms with Gasteiger partial charge in [-0.25, -0.2) is 9.59 Å². The number of amides is 1. The Bertz CT molecular complexity index is 570.